The predicted molar refractivity (Wildman–Crippen MR) is 71.8 cm³/mol. The number of aromatic nitrogens is 2. The first-order chi connectivity index (χ1) is 8.54. The van der Waals surface area contributed by atoms with E-state index in [-0.39, 0.29) is 12.3 Å². The Bertz CT molecular complexity index is 577. The number of H-pyrrole nitrogens is 1. The molecule has 4 nitrogen and oxygen atoms in total. The van der Waals surface area contributed by atoms with Crippen molar-refractivity contribution in [3.05, 3.63) is 46.2 Å². The zero-order valence-corrected chi connectivity index (χ0v) is 11.0. The number of aromatic amines is 1. The van der Waals surface area contributed by atoms with Crippen LogP contribution in [-0.4, -0.2) is 16.1 Å². The maximum atomic E-state index is 11.8. The Morgan fingerprint density at radius 2 is 2.17 bits per heavy atom. The van der Waals surface area contributed by atoms with Gasteiger partial charge in [0.05, 0.1) is 12.1 Å². The zero-order chi connectivity index (χ0) is 13.1. The Morgan fingerprint density at radius 1 is 1.39 bits per heavy atom. The van der Waals surface area contributed by atoms with Gasteiger partial charge < -0.3 is 5.32 Å². The lowest BCUT2D eigenvalue weighted by Gasteiger charge is -2.05. The van der Waals surface area contributed by atoms with Gasteiger partial charge in [-0.05, 0) is 37.6 Å². The lowest BCUT2D eigenvalue weighted by molar-refractivity contribution is -0.115. The Morgan fingerprint density at radius 3 is 2.78 bits per heavy atom. The molecule has 1 amide bonds. The van der Waals surface area contributed by atoms with Crippen LogP contribution in [0.25, 0.3) is 0 Å². The number of rotatable bonds is 3. The van der Waals surface area contributed by atoms with E-state index in [0.29, 0.717) is 10.7 Å². The van der Waals surface area contributed by atoms with Crippen LogP contribution in [0, 0.1) is 13.8 Å². The summed E-state index contributed by atoms with van der Waals surface area (Å²) in [7, 11) is 0. The van der Waals surface area contributed by atoms with E-state index in [1.54, 1.807) is 6.07 Å². The Hall–Kier alpha value is -1.81. The van der Waals surface area contributed by atoms with Gasteiger partial charge in [-0.15, -0.1) is 0 Å². The van der Waals surface area contributed by atoms with Crippen molar-refractivity contribution in [2.75, 3.05) is 5.32 Å². The number of hydrogen-bond acceptors (Lipinski definition) is 2. The molecule has 1 aromatic carbocycles. The number of amides is 1. The van der Waals surface area contributed by atoms with Crippen molar-refractivity contribution in [2.45, 2.75) is 20.3 Å². The fourth-order valence-electron chi connectivity index (χ4n) is 1.61. The second-order valence-electron chi connectivity index (χ2n) is 4.23. The number of nitrogens with one attached hydrogen (secondary N) is 2. The molecule has 94 valence electrons. The van der Waals surface area contributed by atoms with Gasteiger partial charge in [0.1, 0.15) is 0 Å². The number of nitrogens with zero attached hydrogens (tertiary/aromatic N) is 1. The average Bonchev–Trinajstić information content (AvgIpc) is 2.69. The topological polar surface area (TPSA) is 57.8 Å². The van der Waals surface area contributed by atoms with E-state index < -0.39 is 0 Å². The van der Waals surface area contributed by atoms with Crippen molar-refractivity contribution in [1.82, 2.24) is 10.2 Å². The van der Waals surface area contributed by atoms with E-state index in [0.717, 1.165) is 17.0 Å². The minimum atomic E-state index is -0.110. The van der Waals surface area contributed by atoms with Crippen LogP contribution >= 0.6 is 11.6 Å². The first kappa shape index (κ1) is 12.6. The maximum absolute atomic E-state index is 11.8. The fraction of sp³-hybridized carbons (Fsp3) is 0.231. The highest BCUT2D eigenvalue weighted by atomic mass is 35.5. The summed E-state index contributed by atoms with van der Waals surface area (Å²) in [5.74, 6) is -0.110. The third-order valence-corrected chi connectivity index (χ3v) is 2.96. The highest BCUT2D eigenvalue weighted by molar-refractivity contribution is 6.31. The molecule has 2 N–H and O–H groups in total. The van der Waals surface area contributed by atoms with Crippen molar-refractivity contribution in [3.8, 4) is 0 Å². The third-order valence-electron chi connectivity index (χ3n) is 2.56. The molecule has 1 heterocycles. The molecule has 0 aliphatic carbocycles. The Balaban J connectivity index is 2.00. The molecule has 0 spiro atoms. The van der Waals surface area contributed by atoms with E-state index >= 15 is 0 Å². The van der Waals surface area contributed by atoms with Crippen LogP contribution in [0.4, 0.5) is 5.69 Å². The van der Waals surface area contributed by atoms with Gasteiger partial charge in [0.15, 0.2) is 0 Å². The number of aryl methyl sites for hydroxylation is 2. The molecule has 0 unspecified atom stereocenters. The van der Waals surface area contributed by atoms with E-state index in [2.05, 4.69) is 15.5 Å². The molecule has 0 aliphatic rings. The first-order valence-electron chi connectivity index (χ1n) is 5.61. The lowest BCUT2D eigenvalue weighted by Crippen LogP contribution is -2.14. The first-order valence-corrected chi connectivity index (χ1v) is 5.99. The van der Waals surface area contributed by atoms with Crippen LogP contribution < -0.4 is 5.32 Å². The van der Waals surface area contributed by atoms with Crippen LogP contribution in [0.1, 0.15) is 17.0 Å². The Labute approximate surface area is 110 Å². The van der Waals surface area contributed by atoms with Crippen LogP contribution in [0.15, 0.2) is 24.3 Å². The highest BCUT2D eigenvalue weighted by Gasteiger charge is 2.07. The zero-order valence-electron chi connectivity index (χ0n) is 10.2. The number of halogens is 1. The van der Waals surface area contributed by atoms with Gasteiger partial charge in [0, 0.05) is 16.4 Å². The molecule has 0 saturated heterocycles. The van der Waals surface area contributed by atoms with Crippen molar-refractivity contribution in [2.24, 2.45) is 0 Å². The van der Waals surface area contributed by atoms with Crippen molar-refractivity contribution < 1.29 is 4.79 Å². The molecule has 1 aromatic heterocycles. The standard InChI is InChI=1S/C13H14ClN3O/c1-8-3-4-10(6-12(8)14)15-13(18)7-11-5-9(2)16-17-11/h3-6H,7H2,1-2H3,(H,15,18)(H,16,17). The predicted octanol–water partition coefficient (Wildman–Crippen LogP) is 2.86. The Kier molecular flexibility index (Phi) is 3.67. The summed E-state index contributed by atoms with van der Waals surface area (Å²) in [4.78, 5) is 11.8. The van der Waals surface area contributed by atoms with Crippen LogP contribution in [0.3, 0.4) is 0 Å². The highest BCUT2D eigenvalue weighted by Crippen LogP contribution is 2.20. The monoisotopic (exact) mass is 263 g/mol. The second-order valence-corrected chi connectivity index (χ2v) is 4.64. The fourth-order valence-corrected chi connectivity index (χ4v) is 1.79. The molecule has 18 heavy (non-hydrogen) atoms. The lowest BCUT2D eigenvalue weighted by atomic mass is 10.2. The number of carbonyl (C=O) groups excluding carboxylic acids is 1. The smallest absolute Gasteiger partial charge is 0.230 e. The van der Waals surface area contributed by atoms with E-state index in [1.165, 1.54) is 0 Å². The molecule has 0 saturated carbocycles. The molecule has 0 fully saturated rings. The molecular weight excluding hydrogens is 250 g/mol. The molecule has 0 aliphatic heterocycles. The summed E-state index contributed by atoms with van der Waals surface area (Å²) in [6, 6.07) is 7.29. The molecule has 5 heteroatoms. The van der Waals surface area contributed by atoms with E-state index in [9.17, 15) is 4.79 Å². The van der Waals surface area contributed by atoms with E-state index in [4.69, 9.17) is 11.6 Å². The minimum absolute atomic E-state index is 0.110. The molecular formula is C13H14ClN3O. The van der Waals surface area contributed by atoms with E-state index in [1.807, 2.05) is 32.0 Å². The quantitative estimate of drug-likeness (QED) is 0.895. The van der Waals surface area contributed by atoms with Gasteiger partial charge in [-0.2, -0.15) is 5.10 Å². The van der Waals surface area contributed by atoms with Crippen molar-refractivity contribution >= 4 is 23.2 Å². The summed E-state index contributed by atoms with van der Waals surface area (Å²) >= 11 is 5.99. The van der Waals surface area contributed by atoms with Crippen LogP contribution in [0.5, 0.6) is 0 Å². The molecule has 0 atom stereocenters. The summed E-state index contributed by atoms with van der Waals surface area (Å²) in [5.41, 5.74) is 3.35. The van der Waals surface area contributed by atoms with Gasteiger partial charge in [0.2, 0.25) is 5.91 Å². The molecule has 0 bridgehead atoms. The van der Waals surface area contributed by atoms with Gasteiger partial charge >= 0.3 is 0 Å². The summed E-state index contributed by atoms with van der Waals surface area (Å²) in [6.45, 7) is 3.81. The minimum Gasteiger partial charge on any atom is -0.326 e. The van der Waals surface area contributed by atoms with Gasteiger partial charge in [-0.3, -0.25) is 9.89 Å². The number of carbonyl (C=O) groups is 1. The number of anilines is 1. The number of benzene rings is 1. The summed E-state index contributed by atoms with van der Waals surface area (Å²) in [6.07, 6.45) is 0.246. The number of hydrogen-bond donors (Lipinski definition) is 2. The van der Waals surface area contributed by atoms with Crippen molar-refractivity contribution in [1.29, 1.82) is 0 Å². The second kappa shape index (κ2) is 5.23. The molecule has 2 aromatic rings. The van der Waals surface area contributed by atoms with Gasteiger partial charge in [-0.25, -0.2) is 0 Å². The average molecular weight is 264 g/mol. The molecule has 2 rings (SSSR count). The SMILES string of the molecule is Cc1cc(CC(=O)Nc2ccc(C)c(Cl)c2)n[nH]1. The summed E-state index contributed by atoms with van der Waals surface area (Å²) < 4.78 is 0. The third kappa shape index (κ3) is 3.11. The largest absolute Gasteiger partial charge is 0.326 e. The van der Waals surface area contributed by atoms with Gasteiger partial charge in [-0.1, -0.05) is 17.7 Å². The normalized spacial score (nSPS) is 10.4. The van der Waals surface area contributed by atoms with Gasteiger partial charge in [0.25, 0.3) is 0 Å². The molecule has 0 radical (unpaired) electrons. The van der Waals surface area contributed by atoms with Crippen LogP contribution in [0.2, 0.25) is 5.02 Å². The summed E-state index contributed by atoms with van der Waals surface area (Å²) in [5, 5.41) is 10.3. The van der Waals surface area contributed by atoms with Crippen molar-refractivity contribution in [3.63, 3.8) is 0 Å². The van der Waals surface area contributed by atoms with Crippen LogP contribution in [-0.2, 0) is 11.2 Å². The maximum Gasteiger partial charge on any atom is 0.230 e.